The molecule has 6 rings (SSSR count). The van der Waals surface area contributed by atoms with Gasteiger partial charge in [-0.05, 0) is 105 Å². The molecule has 1 fully saturated rings. The number of amides is 3. The first-order chi connectivity index (χ1) is 24.9. The minimum absolute atomic E-state index is 0.0781. The Morgan fingerprint density at radius 2 is 1.58 bits per heavy atom. The number of urea groups is 1. The Bertz CT molecular complexity index is 2160. The van der Waals surface area contributed by atoms with Gasteiger partial charge >= 0.3 is 6.03 Å². The standard InChI is InChI=1S/C39H44N6O6S/c1-26(2)40-39(48)42-30-13-18-36(37(23-30)52(49,50)43(3)4)51-33-16-11-29(12-17-33)41-38(47)27-9-14-31(15-10-27)45-25-28(34-7-5-6-8-35(34)45)24-44-21-19-32(46)20-22-44/h5-18,23,25-26,32,46H,19-22,24H2,1-4H3,(H,41,47)(H2,40,42,48). The molecule has 52 heavy (non-hydrogen) atoms. The van der Waals surface area contributed by atoms with Crippen LogP contribution in [0.3, 0.4) is 0 Å². The molecular formula is C39H44N6O6S. The maximum Gasteiger partial charge on any atom is 0.319 e. The van der Waals surface area contributed by atoms with Crippen molar-refractivity contribution in [1.82, 2.24) is 19.1 Å². The van der Waals surface area contributed by atoms with Crippen LogP contribution in [-0.4, -0.2) is 78.6 Å². The van der Waals surface area contributed by atoms with Crippen LogP contribution in [0.1, 0.15) is 42.6 Å². The van der Waals surface area contributed by atoms with Gasteiger partial charge in [0.15, 0.2) is 0 Å². The summed E-state index contributed by atoms with van der Waals surface area (Å²) in [6.45, 7) is 6.19. The Kier molecular flexibility index (Phi) is 11.0. The topological polar surface area (TPSA) is 145 Å². The summed E-state index contributed by atoms with van der Waals surface area (Å²) in [5.41, 5.74) is 4.55. The van der Waals surface area contributed by atoms with E-state index in [4.69, 9.17) is 4.74 Å². The van der Waals surface area contributed by atoms with Crippen LogP contribution in [0.2, 0.25) is 0 Å². The average Bonchev–Trinajstić information content (AvgIpc) is 3.48. The number of piperidine rings is 1. The fourth-order valence-corrected chi connectivity index (χ4v) is 7.15. The summed E-state index contributed by atoms with van der Waals surface area (Å²) in [5, 5.41) is 19.4. The summed E-state index contributed by atoms with van der Waals surface area (Å²) < 4.78 is 35.5. The number of para-hydroxylation sites is 1. The number of hydrogen-bond donors (Lipinski definition) is 4. The van der Waals surface area contributed by atoms with Crippen LogP contribution in [0.5, 0.6) is 11.5 Å². The van der Waals surface area contributed by atoms with Crippen molar-refractivity contribution in [2.75, 3.05) is 37.8 Å². The number of nitrogens with one attached hydrogen (secondary N) is 3. The Hall–Kier alpha value is -5.21. The molecule has 12 nitrogen and oxygen atoms in total. The van der Waals surface area contributed by atoms with Gasteiger partial charge in [-0.2, -0.15) is 0 Å². The van der Waals surface area contributed by atoms with E-state index < -0.39 is 16.1 Å². The van der Waals surface area contributed by atoms with E-state index in [9.17, 15) is 23.1 Å². The van der Waals surface area contributed by atoms with E-state index in [2.05, 4.69) is 43.7 Å². The lowest BCUT2D eigenvalue weighted by Crippen LogP contribution is -2.35. The molecule has 0 saturated carbocycles. The van der Waals surface area contributed by atoms with Gasteiger partial charge in [-0.3, -0.25) is 9.69 Å². The number of likely N-dealkylation sites (tertiary alicyclic amines) is 1. The van der Waals surface area contributed by atoms with E-state index in [0.29, 0.717) is 22.7 Å². The summed E-state index contributed by atoms with van der Waals surface area (Å²) in [6.07, 6.45) is 3.53. The SMILES string of the molecule is CC(C)NC(=O)Nc1ccc(Oc2ccc(NC(=O)c3ccc(-n4cc(CN5CCC(O)CC5)c5ccccc54)cc3)cc2)c(S(=O)(=O)N(C)C)c1. The van der Waals surface area contributed by atoms with Gasteiger partial charge in [0, 0.05) is 74.0 Å². The molecule has 4 N–H and O–H groups in total. The zero-order chi connectivity index (χ0) is 37.0. The molecule has 0 unspecified atom stereocenters. The lowest BCUT2D eigenvalue weighted by Gasteiger charge is -2.29. The smallest absolute Gasteiger partial charge is 0.319 e. The van der Waals surface area contributed by atoms with Crippen molar-refractivity contribution in [2.24, 2.45) is 0 Å². The zero-order valence-electron chi connectivity index (χ0n) is 29.7. The second kappa shape index (κ2) is 15.6. The third kappa shape index (κ3) is 8.45. The molecule has 0 atom stereocenters. The Morgan fingerprint density at radius 3 is 2.25 bits per heavy atom. The van der Waals surface area contributed by atoms with Crippen molar-refractivity contribution in [3.8, 4) is 17.2 Å². The number of rotatable bonds is 11. The number of aliphatic hydroxyl groups is 1. The quantitative estimate of drug-likeness (QED) is 0.123. The molecule has 1 aliphatic heterocycles. The average molecular weight is 725 g/mol. The highest BCUT2D eigenvalue weighted by atomic mass is 32.2. The van der Waals surface area contributed by atoms with Gasteiger partial charge in [0.1, 0.15) is 16.4 Å². The maximum absolute atomic E-state index is 13.2. The number of aromatic nitrogens is 1. The molecule has 0 radical (unpaired) electrons. The van der Waals surface area contributed by atoms with Crippen molar-refractivity contribution >= 4 is 44.2 Å². The number of ether oxygens (including phenoxy) is 1. The van der Waals surface area contributed by atoms with Crippen molar-refractivity contribution < 1.29 is 27.9 Å². The largest absolute Gasteiger partial charge is 0.456 e. The number of carbonyl (C=O) groups is 2. The molecule has 0 aliphatic carbocycles. The van der Waals surface area contributed by atoms with E-state index in [1.165, 1.54) is 37.2 Å². The summed E-state index contributed by atoms with van der Waals surface area (Å²) in [4.78, 5) is 27.7. The van der Waals surface area contributed by atoms with Gasteiger partial charge in [0.05, 0.1) is 11.6 Å². The lowest BCUT2D eigenvalue weighted by molar-refractivity contribution is 0.0794. The minimum atomic E-state index is -3.93. The van der Waals surface area contributed by atoms with Gasteiger partial charge in [-0.1, -0.05) is 18.2 Å². The van der Waals surface area contributed by atoms with Crippen LogP contribution in [0.25, 0.3) is 16.6 Å². The molecule has 13 heteroatoms. The predicted octanol–water partition coefficient (Wildman–Crippen LogP) is 6.41. The Labute approximate surface area is 304 Å². The first-order valence-electron chi connectivity index (χ1n) is 17.2. The maximum atomic E-state index is 13.2. The molecule has 0 spiro atoms. The van der Waals surface area contributed by atoms with Crippen LogP contribution in [0.4, 0.5) is 16.2 Å². The molecular weight excluding hydrogens is 681 g/mol. The van der Waals surface area contributed by atoms with E-state index in [0.717, 1.165) is 48.0 Å². The van der Waals surface area contributed by atoms with Gasteiger partial charge in [-0.15, -0.1) is 0 Å². The Balaban J connectivity index is 1.13. The highest BCUT2D eigenvalue weighted by Crippen LogP contribution is 2.33. The molecule has 1 aliphatic rings. The second-order valence-electron chi connectivity index (χ2n) is 13.4. The number of sulfonamides is 1. The van der Waals surface area contributed by atoms with Gasteiger partial charge in [0.2, 0.25) is 10.0 Å². The number of fused-ring (bicyclic) bond motifs is 1. The molecule has 3 amide bonds. The molecule has 4 aromatic carbocycles. The van der Waals surface area contributed by atoms with Crippen LogP contribution in [0, 0.1) is 0 Å². The van der Waals surface area contributed by atoms with E-state index in [-0.39, 0.29) is 28.7 Å². The number of benzene rings is 4. The molecule has 1 aromatic heterocycles. The van der Waals surface area contributed by atoms with E-state index in [1.54, 1.807) is 42.5 Å². The van der Waals surface area contributed by atoms with Crippen LogP contribution in [0.15, 0.2) is 102 Å². The van der Waals surface area contributed by atoms with Crippen LogP contribution in [-0.2, 0) is 16.6 Å². The van der Waals surface area contributed by atoms with Crippen molar-refractivity contribution in [3.63, 3.8) is 0 Å². The molecule has 2 heterocycles. The zero-order valence-corrected chi connectivity index (χ0v) is 30.5. The third-order valence-corrected chi connectivity index (χ3v) is 10.7. The summed E-state index contributed by atoms with van der Waals surface area (Å²) in [7, 11) is -1.10. The summed E-state index contributed by atoms with van der Waals surface area (Å²) >= 11 is 0. The fraction of sp³-hybridized carbons (Fsp3) is 0.282. The van der Waals surface area contributed by atoms with Crippen LogP contribution < -0.4 is 20.7 Å². The minimum Gasteiger partial charge on any atom is -0.456 e. The normalized spacial score (nSPS) is 14.1. The molecule has 272 valence electrons. The molecule has 1 saturated heterocycles. The fourth-order valence-electron chi connectivity index (χ4n) is 6.12. The number of carbonyl (C=O) groups excluding carboxylic acids is 2. The van der Waals surface area contributed by atoms with Crippen molar-refractivity contribution in [2.45, 2.75) is 50.3 Å². The van der Waals surface area contributed by atoms with E-state index >= 15 is 0 Å². The summed E-state index contributed by atoms with van der Waals surface area (Å²) in [6, 6.07) is 26.2. The first kappa shape index (κ1) is 36.6. The monoisotopic (exact) mass is 724 g/mol. The number of aliphatic hydroxyl groups excluding tert-OH is 1. The molecule has 5 aromatic rings. The second-order valence-corrected chi connectivity index (χ2v) is 15.5. The highest BCUT2D eigenvalue weighted by molar-refractivity contribution is 7.89. The first-order valence-corrected chi connectivity index (χ1v) is 18.6. The van der Waals surface area contributed by atoms with E-state index in [1.807, 2.05) is 38.1 Å². The van der Waals surface area contributed by atoms with Gasteiger partial charge in [-0.25, -0.2) is 17.5 Å². The van der Waals surface area contributed by atoms with Crippen molar-refractivity contribution in [1.29, 1.82) is 0 Å². The lowest BCUT2D eigenvalue weighted by atomic mass is 10.1. The predicted molar refractivity (Wildman–Crippen MR) is 203 cm³/mol. The number of nitrogens with zero attached hydrogens (tertiary/aromatic N) is 3. The van der Waals surface area contributed by atoms with Gasteiger partial charge in [0.25, 0.3) is 5.91 Å². The molecule has 0 bridgehead atoms. The van der Waals surface area contributed by atoms with Gasteiger partial charge < -0.3 is 30.4 Å². The Morgan fingerprint density at radius 1 is 0.904 bits per heavy atom. The number of anilines is 2. The number of hydrogen-bond acceptors (Lipinski definition) is 7. The third-order valence-electron chi connectivity index (χ3n) is 8.87. The van der Waals surface area contributed by atoms with Crippen molar-refractivity contribution in [3.05, 3.63) is 108 Å². The van der Waals surface area contributed by atoms with Crippen LogP contribution >= 0.6 is 0 Å². The summed E-state index contributed by atoms with van der Waals surface area (Å²) in [5.74, 6) is 0.149. The highest BCUT2D eigenvalue weighted by Gasteiger charge is 2.24.